The molecule has 0 aliphatic carbocycles. The summed E-state index contributed by atoms with van der Waals surface area (Å²) in [5.74, 6) is 1.22. The van der Waals surface area contributed by atoms with E-state index in [0.29, 0.717) is 11.4 Å². The summed E-state index contributed by atoms with van der Waals surface area (Å²) in [6, 6.07) is 5.28. The van der Waals surface area contributed by atoms with Crippen molar-refractivity contribution in [3.05, 3.63) is 34.4 Å². The maximum Gasteiger partial charge on any atom is 0.0794 e. The van der Waals surface area contributed by atoms with Crippen LogP contribution in [0.1, 0.15) is 34.6 Å². The lowest BCUT2D eigenvalue weighted by atomic mass is 10.0. The third kappa shape index (κ3) is 2.21. The number of benzene rings is 1. The second-order valence-corrected chi connectivity index (χ2v) is 5.71. The van der Waals surface area contributed by atoms with E-state index in [1.807, 2.05) is 11.8 Å². The average molecular weight is 221 g/mol. The first-order valence-corrected chi connectivity index (χ1v) is 6.58. The Balaban J connectivity index is 2.32. The molecule has 1 fully saturated rings. The Morgan fingerprint density at radius 3 is 2.40 bits per heavy atom. The van der Waals surface area contributed by atoms with Crippen molar-refractivity contribution in [2.24, 2.45) is 0 Å². The van der Waals surface area contributed by atoms with E-state index in [4.69, 9.17) is 0 Å². The van der Waals surface area contributed by atoms with Gasteiger partial charge in [0.25, 0.3) is 0 Å². The zero-order chi connectivity index (χ0) is 11.0. The van der Waals surface area contributed by atoms with Gasteiger partial charge in [-0.2, -0.15) is 0 Å². The normalized spacial score (nSPS) is 25.9. The molecule has 1 nitrogen and oxygen atoms in total. The van der Waals surface area contributed by atoms with Gasteiger partial charge in [0, 0.05) is 11.8 Å². The fourth-order valence-electron chi connectivity index (χ4n) is 2.04. The third-order valence-electron chi connectivity index (χ3n) is 3.11. The summed E-state index contributed by atoms with van der Waals surface area (Å²) in [7, 11) is 0. The summed E-state index contributed by atoms with van der Waals surface area (Å²) < 4.78 is 0. The van der Waals surface area contributed by atoms with Crippen molar-refractivity contribution in [3.63, 3.8) is 0 Å². The Morgan fingerprint density at radius 2 is 1.80 bits per heavy atom. The van der Waals surface area contributed by atoms with Crippen LogP contribution in [0.25, 0.3) is 0 Å². The predicted molar refractivity (Wildman–Crippen MR) is 68.4 cm³/mol. The highest BCUT2D eigenvalue weighted by molar-refractivity contribution is 7.99. The predicted octanol–water partition coefficient (Wildman–Crippen LogP) is 3.34. The first kappa shape index (κ1) is 11.0. The number of nitrogens with one attached hydrogen (secondary N) is 1. The molecule has 1 saturated heterocycles. The van der Waals surface area contributed by atoms with E-state index in [9.17, 15) is 0 Å². The molecule has 2 atom stereocenters. The largest absolute Gasteiger partial charge is 0.298 e. The molecule has 15 heavy (non-hydrogen) atoms. The molecule has 2 unspecified atom stereocenters. The summed E-state index contributed by atoms with van der Waals surface area (Å²) >= 11 is 2.02. The van der Waals surface area contributed by atoms with Crippen molar-refractivity contribution in [2.45, 2.75) is 39.1 Å². The third-order valence-corrected chi connectivity index (χ3v) is 4.53. The summed E-state index contributed by atoms with van der Waals surface area (Å²) in [6.45, 7) is 8.85. The molecule has 1 heterocycles. The van der Waals surface area contributed by atoms with Gasteiger partial charge in [-0.3, -0.25) is 5.32 Å². The topological polar surface area (TPSA) is 12.0 Å². The van der Waals surface area contributed by atoms with Crippen LogP contribution in [0, 0.1) is 20.8 Å². The Hall–Kier alpha value is -0.470. The highest BCUT2D eigenvalue weighted by atomic mass is 32.2. The minimum atomic E-state index is 0.499. The van der Waals surface area contributed by atoms with E-state index in [1.165, 1.54) is 28.0 Å². The Labute approximate surface area is 96.7 Å². The SMILES string of the molecule is Cc1cc(C)c(C2NC(C)CS2)cc1C. The maximum absolute atomic E-state index is 3.62. The van der Waals surface area contributed by atoms with Gasteiger partial charge in [0.15, 0.2) is 0 Å². The van der Waals surface area contributed by atoms with Gasteiger partial charge in [-0.05, 0) is 49.9 Å². The van der Waals surface area contributed by atoms with E-state index < -0.39 is 0 Å². The van der Waals surface area contributed by atoms with Gasteiger partial charge in [0.1, 0.15) is 0 Å². The zero-order valence-electron chi connectivity index (χ0n) is 9.92. The maximum atomic E-state index is 3.62. The Morgan fingerprint density at radius 1 is 1.13 bits per heavy atom. The average Bonchev–Trinajstić information content (AvgIpc) is 2.58. The van der Waals surface area contributed by atoms with E-state index in [0.717, 1.165) is 0 Å². The first-order valence-electron chi connectivity index (χ1n) is 5.53. The van der Waals surface area contributed by atoms with E-state index in [2.05, 4.69) is 45.1 Å². The fraction of sp³-hybridized carbons (Fsp3) is 0.538. The van der Waals surface area contributed by atoms with Gasteiger partial charge in [-0.25, -0.2) is 0 Å². The molecule has 0 radical (unpaired) electrons. The molecule has 0 aromatic heterocycles. The van der Waals surface area contributed by atoms with Gasteiger partial charge < -0.3 is 0 Å². The molecular weight excluding hydrogens is 202 g/mol. The number of rotatable bonds is 1. The molecular formula is C13H19NS. The lowest BCUT2D eigenvalue weighted by molar-refractivity contribution is 0.616. The standard InChI is InChI=1S/C13H19NS/c1-8-5-10(3)12(6-9(8)2)13-14-11(4)7-15-13/h5-6,11,13-14H,7H2,1-4H3. The highest BCUT2D eigenvalue weighted by Crippen LogP contribution is 2.35. The Bertz CT molecular complexity index is 373. The van der Waals surface area contributed by atoms with Gasteiger partial charge in [0.05, 0.1) is 5.37 Å². The van der Waals surface area contributed by atoms with Gasteiger partial charge >= 0.3 is 0 Å². The number of hydrogen-bond acceptors (Lipinski definition) is 2. The molecule has 0 spiro atoms. The second-order valence-electron chi connectivity index (χ2n) is 4.57. The van der Waals surface area contributed by atoms with Crippen molar-refractivity contribution in [3.8, 4) is 0 Å². The van der Waals surface area contributed by atoms with Crippen molar-refractivity contribution < 1.29 is 0 Å². The molecule has 0 amide bonds. The monoisotopic (exact) mass is 221 g/mol. The van der Waals surface area contributed by atoms with Crippen molar-refractivity contribution in [1.29, 1.82) is 0 Å². The number of hydrogen-bond donors (Lipinski definition) is 1. The minimum Gasteiger partial charge on any atom is -0.298 e. The summed E-state index contributed by atoms with van der Waals surface area (Å²) in [4.78, 5) is 0. The lowest BCUT2D eigenvalue weighted by Crippen LogP contribution is -2.22. The lowest BCUT2D eigenvalue weighted by Gasteiger charge is -2.16. The zero-order valence-corrected chi connectivity index (χ0v) is 10.7. The van der Waals surface area contributed by atoms with Crippen LogP contribution in [0.15, 0.2) is 12.1 Å². The smallest absolute Gasteiger partial charge is 0.0794 e. The van der Waals surface area contributed by atoms with Gasteiger partial charge in [-0.15, -0.1) is 11.8 Å². The molecule has 1 aromatic carbocycles. The van der Waals surface area contributed by atoms with Crippen LogP contribution in [0.2, 0.25) is 0 Å². The van der Waals surface area contributed by atoms with Crippen LogP contribution >= 0.6 is 11.8 Å². The van der Waals surface area contributed by atoms with E-state index in [-0.39, 0.29) is 0 Å². The van der Waals surface area contributed by atoms with Crippen LogP contribution in [-0.2, 0) is 0 Å². The summed E-state index contributed by atoms with van der Waals surface area (Å²) in [5, 5.41) is 4.12. The van der Waals surface area contributed by atoms with Gasteiger partial charge in [-0.1, -0.05) is 12.1 Å². The molecule has 82 valence electrons. The van der Waals surface area contributed by atoms with Crippen molar-refractivity contribution >= 4 is 11.8 Å². The van der Waals surface area contributed by atoms with Crippen molar-refractivity contribution in [2.75, 3.05) is 5.75 Å². The summed E-state index contributed by atoms with van der Waals surface area (Å²) in [6.07, 6.45) is 0. The number of aryl methyl sites for hydroxylation is 3. The molecule has 2 heteroatoms. The van der Waals surface area contributed by atoms with Crippen LogP contribution < -0.4 is 5.32 Å². The quantitative estimate of drug-likeness (QED) is 0.780. The van der Waals surface area contributed by atoms with E-state index in [1.54, 1.807) is 0 Å². The van der Waals surface area contributed by atoms with E-state index >= 15 is 0 Å². The Kier molecular flexibility index (Phi) is 3.08. The van der Waals surface area contributed by atoms with Gasteiger partial charge in [0.2, 0.25) is 0 Å². The first-order chi connectivity index (χ1) is 7.08. The van der Waals surface area contributed by atoms with Crippen molar-refractivity contribution in [1.82, 2.24) is 5.32 Å². The van der Waals surface area contributed by atoms with Crippen LogP contribution in [0.3, 0.4) is 0 Å². The summed E-state index contributed by atoms with van der Waals surface area (Å²) in [5.41, 5.74) is 5.68. The van der Waals surface area contributed by atoms with Crippen LogP contribution in [0.5, 0.6) is 0 Å². The highest BCUT2D eigenvalue weighted by Gasteiger charge is 2.23. The fourth-order valence-corrected chi connectivity index (χ4v) is 3.38. The minimum absolute atomic E-state index is 0.499. The molecule has 2 rings (SSSR count). The molecule has 1 aliphatic rings. The molecule has 1 aliphatic heterocycles. The van der Waals surface area contributed by atoms with Crippen LogP contribution in [0.4, 0.5) is 0 Å². The molecule has 1 N–H and O–H groups in total. The molecule has 0 saturated carbocycles. The van der Waals surface area contributed by atoms with Crippen LogP contribution in [-0.4, -0.2) is 11.8 Å². The molecule has 0 bridgehead atoms. The second kappa shape index (κ2) is 4.18. The molecule has 1 aromatic rings. The number of thioether (sulfide) groups is 1.